The van der Waals surface area contributed by atoms with Crippen molar-refractivity contribution in [1.29, 1.82) is 0 Å². The normalized spacial score (nSPS) is 9.08. The molecule has 0 unspecified atom stereocenters. The molecular formula is C12H20S. The summed E-state index contributed by atoms with van der Waals surface area (Å²) in [5.41, 5.74) is 3.17. The van der Waals surface area contributed by atoms with E-state index in [0.29, 0.717) is 0 Å². The van der Waals surface area contributed by atoms with Gasteiger partial charge in [-0.3, -0.25) is 0 Å². The van der Waals surface area contributed by atoms with Gasteiger partial charge in [0, 0.05) is 0 Å². The third-order valence-corrected chi connectivity index (χ3v) is 2.71. The van der Waals surface area contributed by atoms with Gasteiger partial charge in [0.2, 0.25) is 0 Å². The van der Waals surface area contributed by atoms with Gasteiger partial charge in [-0.25, -0.2) is 0 Å². The van der Waals surface area contributed by atoms with Crippen molar-refractivity contribution < 1.29 is 0 Å². The van der Waals surface area contributed by atoms with E-state index in [1.807, 2.05) is 11.3 Å². The third-order valence-electron chi connectivity index (χ3n) is 1.87. The Morgan fingerprint density at radius 3 is 1.69 bits per heavy atom. The smallest absolute Gasteiger partial charge is 0.00584 e. The van der Waals surface area contributed by atoms with Gasteiger partial charge in [-0.2, -0.15) is 11.3 Å². The van der Waals surface area contributed by atoms with Gasteiger partial charge >= 0.3 is 0 Å². The number of aryl methyl sites for hydroxylation is 2. The molecule has 0 nitrogen and oxygen atoms in total. The number of hydrogen-bond acceptors (Lipinski definition) is 1. The van der Waals surface area contributed by atoms with Crippen molar-refractivity contribution in [2.45, 2.75) is 39.5 Å². The highest BCUT2D eigenvalue weighted by Crippen LogP contribution is 2.18. The second-order valence-electron chi connectivity index (χ2n) is 2.92. The van der Waals surface area contributed by atoms with E-state index in [9.17, 15) is 0 Å². The van der Waals surface area contributed by atoms with Crippen molar-refractivity contribution in [2.24, 2.45) is 0 Å². The van der Waals surface area contributed by atoms with Gasteiger partial charge < -0.3 is 0 Å². The first kappa shape index (κ1) is 12.4. The molecule has 0 N–H and O–H groups in total. The van der Waals surface area contributed by atoms with E-state index >= 15 is 0 Å². The van der Waals surface area contributed by atoms with Crippen molar-refractivity contribution in [3.05, 3.63) is 35.0 Å². The van der Waals surface area contributed by atoms with Crippen LogP contribution in [0.5, 0.6) is 0 Å². The fraction of sp³-hybridized carbons (Fsp3) is 0.500. The van der Waals surface area contributed by atoms with Gasteiger partial charge in [0.25, 0.3) is 0 Å². The van der Waals surface area contributed by atoms with E-state index in [0.717, 1.165) is 0 Å². The van der Waals surface area contributed by atoms with E-state index in [1.54, 1.807) is 11.1 Å². The monoisotopic (exact) mass is 196 g/mol. The van der Waals surface area contributed by atoms with Crippen LogP contribution >= 0.6 is 11.3 Å². The van der Waals surface area contributed by atoms with Crippen molar-refractivity contribution in [1.82, 2.24) is 0 Å². The summed E-state index contributed by atoms with van der Waals surface area (Å²) in [5, 5.41) is 4.60. The van der Waals surface area contributed by atoms with Crippen molar-refractivity contribution in [2.75, 3.05) is 0 Å². The predicted octanol–water partition coefficient (Wildman–Crippen LogP) is 4.46. The fourth-order valence-electron chi connectivity index (χ4n) is 1.33. The zero-order chi connectivity index (χ0) is 10.1. The maximum atomic E-state index is 3.00. The predicted molar refractivity (Wildman–Crippen MR) is 63.6 cm³/mol. The van der Waals surface area contributed by atoms with E-state index < -0.39 is 0 Å². The average Bonchev–Trinajstić information content (AvgIpc) is 2.58. The molecule has 0 amide bonds. The largest absolute Gasteiger partial charge is 0.152 e. The molecule has 0 aliphatic rings. The quantitative estimate of drug-likeness (QED) is 0.624. The van der Waals surface area contributed by atoms with Gasteiger partial charge in [0.15, 0.2) is 0 Å². The van der Waals surface area contributed by atoms with E-state index in [4.69, 9.17) is 0 Å². The highest BCUT2D eigenvalue weighted by molar-refractivity contribution is 7.08. The second kappa shape index (κ2) is 8.06. The molecule has 74 valence electrons. The fourth-order valence-corrected chi connectivity index (χ4v) is 2.26. The van der Waals surface area contributed by atoms with Crippen LogP contribution in [0.2, 0.25) is 0 Å². The first-order valence-electron chi connectivity index (χ1n) is 4.92. The Hall–Kier alpha value is -0.560. The Kier molecular flexibility index (Phi) is 7.71. The summed E-state index contributed by atoms with van der Waals surface area (Å²) >= 11 is 1.85. The summed E-state index contributed by atoms with van der Waals surface area (Å²) in [6, 6.07) is 0. The standard InChI is InChI=1S/C10H16S.C2H4/c1-3-5-9-7-11-8-10(9)6-4-2;1-2/h7-8H,3-6H2,1-2H3;1-2H2. The van der Waals surface area contributed by atoms with Crippen molar-refractivity contribution >= 4 is 11.3 Å². The number of thiophene rings is 1. The third kappa shape index (κ3) is 4.28. The minimum Gasteiger partial charge on any atom is -0.152 e. The highest BCUT2D eigenvalue weighted by atomic mass is 32.1. The lowest BCUT2D eigenvalue weighted by atomic mass is 10.1. The van der Waals surface area contributed by atoms with Crippen LogP contribution in [0.4, 0.5) is 0 Å². The van der Waals surface area contributed by atoms with Crippen LogP contribution in [0.25, 0.3) is 0 Å². The zero-order valence-corrected chi connectivity index (χ0v) is 9.62. The molecule has 0 aliphatic heterocycles. The molecule has 0 saturated heterocycles. The Morgan fingerprint density at radius 2 is 1.38 bits per heavy atom. The maximum Gasteiger partial charge on any atom is -0.00584 e. The summed E-state index contributed by atoms with van der Waals surface area (Å²) in [6.07, 6.45) is 5.07. The molecule has 0 spiro atoms. The van der Waals surface area contributed by atoms with Crippen LogP contribution < -0.4 is 0 Å². The molecular weight excluding hydrogens is 176 g/mol. The minimum atomic E-state index is 1.26. The van der Waals surface area contributed by atoms with Gasteiger partial charge in [0.1, 0.15) is 0 Å². The summed E-state index contributed by atoms with van der Waals surface area (Å²) in [7, 11) is 0. The summed E-state index contributed by atoms with van der Waals surface area (Å²) < 4.78 is 0. The van der Waals surface area contributed by atoms with Crippen LogP contribution in [0.3, 0.4) is 0 Å². The molecule has 0 atom stereocenters. The van der Waals surface area contributed by atoms with Crippen molar-refractivity contribution in [3.8, 4) is 0 Å². The SMILES string of the molecule is C=C.CCCc1cscc1CCC. The maximum absolute atomic E-state index is 3.00. The molecule has 0 fully saturated rings. The molecule has 1 heterocycles. The lowest BCUT2D eigenvalue weighted by Crippen LogP contribution is -1.87. The molecule has 0 bridgehead atoms. The van der Waals surface area contributed by atoms with Crippen LogP contribution in [0.15, 0.2) is 23.9 Å². The molecule has 13 heavy (non-hydrogen) atoms. The average molecular weight is 196 g/mol. The van der Waals surface area contributed by atoms with Crippen LogP contribution in [-0.4, -0.2) is 0 Å². The first-order valence-corrected chi connectivity index (χ1v) is 5.86. The van der Waals surface area contributed by atoms with Crippen LogP contribution in [0.1, 0.15) is 37.8 Å². The van der Waals surface area contributed by atoms with Gasteiger partial charge in [-0.1, -0.05) is 26.7 Å². The lowest BCUT2D eigenvalue weighted by Gasteiger charge is -1.99. The van der Waals surface area contributed by atoms with E-state index in [2.05, 4.69) is 37.8 Å². The Balaban J connectivity index is 0.000000671. The molecule has 1 heteroatoms. The Bertz CT molecular complexity index is 192. The van der Waals surface area contributed by atoms with Crippen molar-refractivity contribution in [3.63, 3.8) is 0 Å². The van der Waals surface area contributed by atoms with E-state index in [1.165, 1.54) is 25.7 Å². The molecule has 1 aromatic rings. The van der Waals surface area contributed by atoms with Crippen LogP contribution in [0, 0.1) is 0 Å². The number of rotatable bonds is 4. The Labute approximate surface area is 86.3 Å². The molecule has 0 aliphatic carbocycles. The van der Waals surface area contributed by atoms with Crippen LogP contribution in [-0.2, 0) is 12.8 Å². The first-order chi connectivity index (χ1) is 6.38. The summed E-state index contributed by atoms with van der Waals surface area (Å²) in [5.74, 6) is 0. The second-order valence-corrected chi connectivity index (χ2v) is 3.67. The highest BCUT2D eigenvalue weighted by Gasteiger charge is 2.00. The Morgan fingerprint density at radius 1 is 1.00 bits per heavy atom. The van der Waals surface area contributed by atoms with Gasteiger partial charge in [-0.15, -0.1) is 13.2 Å². The molecule has 1 rings (SSSR count). The molecule has 0 saturated carbocycles. The van der Waals surface area contributed by atoms with Gasteiger partial charge in [0.05, 0.1) is 0 Å². The molecule has 0 radical (unpaired) electrons. The molecule has 1 aromatic heterocycles. The summed E-state index contributed by atoms with van der Waals surface area (Å²) in [6.45, 7) is 10.5. The zero-order valence-electron chi connectivity index (χ0n) is 8.81. The molecule has 0 aromatic carbocycles. The number of hydrogen-bond donors (Lipinski definition) is 0. The minimum absolute atomic E-state index is 1.26. The lowest BCUT2D eigenvalue weighted by molar-refractivity contribution is 0.869. The van der Waals surface area contributed by atoms with E-state index in [-0.39, 0.29) is 0 Å². The topological polar surface area (TPSA) is 0 Å². The van der Waals surface area contributed by atoms with Gasteiger partial charge in [-0.05, 0) is 34.7 Å². The summed E-state index contributed by atoms with van der Waals surface area (Å²) in [4.78, 5) is 0.